The number of amides is 1. The highest BCUT2D eigenvalue weighted by atomic mass is 16.5. The maximum Gasteiger partial charge on any atom is 0.224 e. The molecule has 1 fully saturated rings. The smallest absolute Gasteiger partial charge is 0.224 e. The number of rotatable bonds is 6. The van der Waals surface area contributed by atoms with Crippen LogP contribution in [0.2, 0.25) is 0 Å². The zero-order chi connectivity index (χ0) is 12.7. The van der Waals surface area contributed by atoms with Crippen LogP contribution in [0.4, 0.5) is 0 Å². The van der Waals surface area contributed by atoms with Crippen molar-refractivity contribution >= 4 is 5.91 Å². The van der Waals surface area contributed by atoms with Gasteiger partial charge in [-0.25, -0.2) is 0 Å². The first-order chi connectivity index (χ1) is 8.19. The maximum absolute atomic E-state index is 11.8. The Morgan fingerprint density at radius 3 is 2.53 bits per heavy atom. The molecule has 1 amide bonds. The lowest BCUT2D eigenvalue weighted by molar-refractivity contribution is -0.133. The van der Waals surface area contributed by atoms with E-state index in [-0.39, 0.29) is 5.91 Å². The summed E-state index contributed by atoms with van der Waals surface area (Å²) in [6.45, 7) is 3.71. The second-order valence-corrected chi connectivity index (χ2v) is 4.81. The van der Waals surface area contributed by atoms with E-state index in [1.165, 1.54) is 12.8 Å². The van der Waals surface area contributed by atoms with Gasteiger partial charge in [0.25, 0.3) is 0 Å². The van der Waals surface area contributed by atoms with E-state index in [0.29, 0.717) is 25.1 Å². The highest BCUT2D eigenvalue weighted by molar-refractivity contribution is 5.76. The molecule has 0 spiro atoms. The Balaban J connectivity index is 2.29. The highest BCUT2D eigenvalue weighted by Crippen LogP contribution is 2.22. The van der Waals surface area contributed by atoms with E-state index in [1.807, 2.05) is 11.9 Å². The summed E-state index contributed by atoms with van der Waals surface area (Å²) in [4.78, 5) is 13.8. The zero-order valence-corrected chi connectivity index (χ0v) is 11.4. The summed E-state index contributed by atoms with van der Waals surface area (Å²) in [5.41, 5.74) is 0. The van der Waals surface area contributed by atoms with Gasteiger partial charge in [-0.05, 0) is 32.2 Å². The lowest BCUT2D eigenvalue weighted by Gasteiger charge is -2.35. The molecule has 1 aliphatic carbocycles. The van der Waals surface area contributed by atoms with Crippen molar-refractivity contribution in [2.75, 3.05) is 27.3 Å². The molecule has 0 radical (unpaired) electrons. The fraction of sp³-hybridized carbons (Fsp3) is 0.923. The SMILES string of the molecule is CCNC1CCC(N(C)C(=O)CCOC)CC1. The predicted molar refractivity (Wildman–Crippen MR) is 69.0 cm³/mol. The van der Waals surface area contributed by atoms with E-state index in [4.69, 9.17) is 4.74 Å². The quantitative estimate of drug-likeness (QED) is 0.765. The van der Waals surface area contributed by atoms with Gasteiger partial charge >= 0.3 is 0 Å². The zero-order valence-electron chi connectivity index (χ0n) is 11.4. The Labute approximate surface area is 105 Å². The number of ether oxygens (including phenoxy) is 1. The highest BCUT2D eigenvalue weighted by Gasteiger charge is 2.25. The topological polar surface area (TPSA) is 41.6 Å². The molecular weight excluding hydrogens is 216 g/mol. The van der Waals surface area contributed by atoms with Crippen LogP contribution in [0.3, 0.4) is 0 Å². The molecule has 1 N–H and O–H groups in total. The first-order valence-corrected chi connectivity index (χ1v) is 6.67. The molecule has 0 aliphatic heterocycles. The molecule has 0 heterocycles. The summed E-state index contributed by atoms with van der Waals surface area (Å²) in [5.74, 6) is 0.207. The van der Waals surface area contributed by atoms with Crippen molar-refractivity contribution in [3.8, 4) is 0 Å². The van der Waals surface area contributed by atoms with Gasteiger partial charge < -0.3 is 15.0 Å². The van der Waals surface area contributed by atoms with Crippen molar-refractivity contribution in [1.82, 2.24) is 10.2 Å². The minimum atomic E-state index is 0.207. The molecule has 1 saturated carbocycles. The predicted octanol–water partition coefficient (Wildman–Crippen LogP) is 1.40. The molecular formula is C13H26N2O2. The van der Waals surface area contributed by atoms with Gasteiger partial charge in [-0.2, -0.15) is 0 Å². The van der Waals surface area contributed by atoms with Gasteiger partial charge in [-0.1, -0.05) is 6.92 Å². The number of methoxy groups -OCH3 is 1. The molecule has 0 bridgehead atoms. The number of hydrogen-bond acceptors (Lipinski definition) is 3. The first kappa shape index (κ1) is 14.5. The van der Waals surface area contributed by atoms with Crippen molar-refractivity contribution in [2.45, 2.75) is 51.1 Å². The van der Waals surface area contributed by atoms with Gasteiger partial charge in [-0.3, -0.25) is 4.79 Å². The van der Waals surface area contributed by atoms with Crippen molar-refractivity contribution in [1.29, 1.82) is 0 Å². The van der Waals surface area contributed by atoms with Gasteiger partial charge in [0.2, 0.25) is 5.91 Å². The van der Waals surface area contributed by atoms with Crippen LogP contribution in [0.1, 0.15) is 39.0 Å². The third kappa shape index (κ3) is 4.64. The van der Waals surface area contributed by atoms with Crippen molar-refractivity contribution < 1.29 is 9.53 Å². The van der Waals surface area contributed by atoms with E-state index in [9.17, 15) is 4.79 Å². The fourth-order valence-electron chi connectivity index (χ4n) is 2.53. The molecule has 1 aliphatic rings. The minimum Gasteiger partial charge on any atom is -0.384 e. The third-order valence-corrected chi connectivity index (χ3v) is 3.65. The van der Waals surface area contributed by atoms with Gasteiger partial charge in [0.1, 0.15) is 0 Å². The average molecular weight is 242 g/mol. The molecule has 17 heavy (non-hydrogen) atoms. The van der Waals surface area contributed by atoms with E-state index in [1.54, 1.807) is 7.11 Å². The van der Waals surface area contributed by atoms with Crippen molar-refractivity contribution in [2.24, 2.45) is 0 Å². The number of carbonyl (C=O) groups excluding carboxylic acids is 1. The van der Waals surface area contributed by atoms with E-state index in [2.05, 4.69) is 12.2 Å². The number of hydrogen-bond donors (Lipinski definition) is 1. The van der Waals surface area contributed by atoms with Crippen LogP contribution in [-0.4, -0.2) is 50.2 Å². The molecule has 4 nitrogen and oxygen atoms in total. The van der Waals surface area contributed by atoms with E-state index in [0.717, 1.165) is 19.4 Å². The molecule has 0 saturated heterocycles. The maximum atomic E-state index is 11.8. The van der Waals surface area contributed by atoms with Crippen LogP contribution in [0.15, 0.2) is 0 Å². The third-order valence-electron chi connectivity index (χ3n) is 3.65. The van der Waals surface area contributed by atoms with Gasteiger partial charge in [0.15, 0.2) is 0 Å². The summed E-state index contributed by atoms with van der Waals surface area (Å²) < 4.78 is 4.94. The van der Waals surface area contributed by atoms with Crippen LogP contribution in [0.5, 0.6) is 0 Å². The van der Waals surface area contributed by atoms with Crippen LogP contribution in [0, 0.1) is 0 Å². The molecule has 0 aromatic rings. The monoisotopic (exact) mass is 242 g/mol. The standard InChI is InChI=1S/C13H26N2O2/c1-4-14-11-5-7-12(8-6-11)15(2)13(16)9-10-17-3/h11-12,14H,4-10H2,1-3H3. The van der Waals surface area contributed by atoms with Crippen molar-refractivity contribution in [3.05, 3.63) is 0 Å². The first-order valence-electron chi connectivity index (χ1n) is 6.67. The molecule has 0 atom stereocenters. The largest absolute Gasteiger partial charge is 0.384 e. The Bertz CT molecular complexity index is 225. The average Bonchev–Trinajstić information content (AvgIpc) is 2.36. The number of nitrogens with one attached hydrogen (secondary N) is 1. The second kappa shape index (κ2) is 7.67. The Morgan fingerprint density at radius 1 is 1.35 bits per heavy atom. The summed E-state index contributed by atoms with van der Waals surface area (Å²) in [7, 11) is 3.56. The van der Waals surface area contributed by atoms with Crippen LogP contribution < -0.4 is 5.32 Å². The molecule has 4 heteroatoms. The van der Waals surface area contributed by atoms with E-state index < -0.39 is 0 Å². The van der Waals surface area contributed by atoms with Crippen molar-refractivity contribution in [3.63, 3.8) is 0 Å². The van der Waals surface area contributed by atoms with Crippen LogP contribution >= 0.6 is 0 Å². The Kier molecular flexibility index (Phi) is 6.52. The van der Waals surface area contributed by atoms with Gasteiger partial charge in [0, 0.05) is 26.2 Å². The van der Waals surface area contributed by atoms with Gasteiger partial charge in [-0.15, -0.1) is 0 Å². The summed E-state index contributed by atoms with van der Waals surface area (Å²) in [5, 5.41) is 3.48. The number of nitrogens with zero attached hydrogens (tertiary/aromatic N) is 1. The van der Waals surface area contributed by atoms with Crippen LogP contribution in [0.25, 0.3) is 0 Å². The van der Waals surface area contributed by atoms with E-state index >= 15 is 0 Å². The summed E-state index contributed by atoms with van der Waals surface area (Å²) in [6, 6.07) is 1.08. The Morgan fingerprint density at radius 2 is 2.00 bits per heavy atom. The second-order valence-electron chi connectivity index (χ2n) is 4.81. The minimum absolute atomic E-state index is 0.207. The van der Waals surface area contributed by atoms with Crippen LogP contribution in [-0.2, 0) is 9.53 Å². The summed E-state index contributed by atoms with van der Waals surface area (Å²) in [6.07, 6.45) is 5.10. The fourth-order valence-corrected chi connectivity index (χ4v) is 2.53. The lowest BCUT2D eigenvalue weighted by Crippen LogP contribution is -2.43. The normalized spacial score (nSPS) is 24.6. The molecule has 100 valence electrons. The summed E-state index contributed by atoms with van der Waals surface area (Å²) >= 11 is 0. The molecule has 0 aromatic carbocycles. The molecule has 1 rings (SSSR count). The molecule has 0 aromatic heterocycles. The van der Waals surface area contributed by atoms with Gasteiger partial charge in [0.05, 0.1) is 13.0 Å². The molecule has 0 unspecified atom stereocenters. The lowest BCUT2D eigenvalue weighted by atomic mass is 9.90. The number of carbonyl (C=O) groups is 1. The Hall–Kier alpha value is -0.610.